The number of carbonyl (C=O) groups excluding carboxylic acids is 2. The van der Waals surface area contributed by atoms with Crippen molar-refractivity contribution in [1.82, 2.24) is 4.31 Å². The van der Waals surface area contributed by atoms with Gasteiger partial charge in [0.15, 0.2) is 6.61 Å². The zero-order valence-corrected chi connectivity index (χ0v) is 19.1. The number of nitrogens with one attached hydrogen (secondary N) is 1. The van der Waals surface area contributed by atoms with Crippen LogP contribution in [-0.2, 0) is 24.3 Å². The number of ether oxygens (including phenoxy) is 1. The van der Waals surface area contributed by atoms with Crippen molar-refractivity contribution < 1.29 is 22.7 Å². The van der Waals surface area contributed by atoms with E-state index in [-0.39, 0.29) is 21.6 Å². The zero-order valence-electron chi connectivity index (χ0n) is 17.5. The first kappa shape index (κ1) is 22.6. The van der Waals surface area contributed by atoms with E-state index in [9.17, 15) is 18.0 Å². The van der Waals surface area contributed by atoms with Crippen molar-refractivity contribution in [1.29, 1.82) is 0 Å². The van der Waals surface area contributed by atoms with Crippen LogP contribution in [0, 0.1) is 17.8 Å². The van der Waals surface area contributed by atoms with Crippen LogP contribution in [0.25, 0.3) is 0 Å². The number of nitrogens with zero attached hydrogens (tertiary/aromatic N) is 1. The second kappa shape index (κ2) is 9.46. The number of fused-ring (bicyclic) bond motifs is 2. The maximum atomic E-state index is 12.9. The Kier molecular flexibility index (Phi) is 6.89. The normalized spacial score (nSPS) is 26.0. The number of amides is 1. The fraction of sp³-hybridized carbons (Fsp3) is 0.636. The average Bonchev–Trinajstić information content (AvgIpc) is 3.37. The lowest BCUT2D eigenvalue weighted by molar-refractivity contribution is -0.148. The molecule has 31 heavy (non-hydrogen) atoms. The average molecular weight is 469 g/mol. The van der Waals surface area contributed by atoms with Crippen molar-refractivity contribution in [3.8, 4) is 0 Å². The highest BCUT2D eigenvalue weighted by atomic mass is 35.5. The molecule has 1 aliphatic heterocycles. The van der Waals surface area contributed by atoms with Crippen LogP contribution < -0.4 is 5.32 Å². The number of benzene rings is 1. The van der Waals surface area contributed by atoms with Gasteiger partial charge in [0.05, 0.1) is 15.6 Å². The Morgan fingerprint density at radius 3 is 2.58 bits per heavy atom. The second-order valence-corrected chi connectivity index (χ2v) is 11.3. The lowest BCUT2D eigenvalue weighted by Gasteiger charge is -2.26. The molecule has 3 atom stereocenters. The number of anilines is 1. The molecule has 4 rings (SSSR count). The van der Waals surface area contributed by atoms with Gasteiger partial charge in [0.2, 0.25) is 10.0 Å². The standard InChI is InChI=1S/C22H29ClN2O5S/c23-19-7-6-18(31(28,29)25-8-2-1-3-9-25)13-20(19)24-21(26)14-30-22(27)12-17-11-15-4-5-16(17)10-15/h6-7,13,15-17H,1-5,8-12,14H2,(H,24,26)/t15-,16+,17-/m0/s1. The number of halogens is 1. The van der Waals surface area contributed by atoms with Crippen molar-refractivity contribution >= 4 is 39.2 Å². The molecule has 170 valence electrons. The highest BCUT2D eigenvalue weighted by molar-refractivity contribution is 7.89. The van der Waals surface area contributed by atoms with Gasteiger partial charge in [-0.15, -0.1) is 0 Å². The summed E-state index contributed by atoms with van der Waals surface area (Å²) in [5.74, 6) is 0.841. The van der Waals surface area contributed by atoms with Crippen LogP contribution in [-0.4, -0.2) is 44.3 Å². The first-order valence-corrected chi connectivity index (χ1v) is 12.9. The molecule has 9 heteroatoms. The smallest absolute Gasteiger partial charge is 0.306 e. The maximum Gasteiger partial charge on any atom is 0.306 e. The summed E-state index contributed by atoms with van der Waals surface area (Å²) in [5.41, 5.74) is 0.189. The number of hydrogen-bond donors (Lipinski definition) is 1. The van der Waals surface area contributed by atoms with Gasteiger partial charge < -0.3 is 10.1 Å². The number of rotatable bonds is 7. The molecule has 3 fully saturated rings. The number of hydrogen-bond acceptors (Lipinski definition) is 5. The van der Waals surface area contributed by atoms with Crippen LogP contribution in [0.4, 0.5) is 5.69 Å². The van der Waals surface area contributed by atoms with E-state index in [1.807, 2.05) is 0 Å². The Balaban J connectivity index is 1.32. The summed E-state index contributed by atoms with van der Waals surface area (Å²) in [4.78, 5) is 24.5. The molecule has 1 saturated heterocycles. The lowest BCUT2D eigenvalue weighted by Crippen LogP contribution is -2.35. The second-order valence-electron chi connectivity index (χ2n) is 8.95. The van der Waals surface area contributed by atoms with E-state index in [2.05, 4.69) is 5.32 Å². The molecule has 2 bridgehead atoms. The van der Waals surface area contributed by atoms with Gasteiger partial charge in [-0.05, 0) is 68.1 Å². The fourth-order valence-electron chi connectivity index (χ4n) is 5.25. The largest absolute Gasteiger partial charge is 0.456 e. The van der Waals surface area contributed by atoms with Gasteiger partial charge >= 0.3 is 5.97 Å². The summed E-state index contributed by atoms with van der Waals surface area (Å²) in [6, 6.07) is 4.26. The van der Waals surface area contributed by atoms with Gasteiger partial charge in [-0.3, -0.25) is 9.59 Å². The molecule has 1 N–H and O–H groups in total. The molecule has 1 aromatic carbocycles. The molecule has 1 heterocycles. The highest BCUT2D eigenvalue weighted by Gasteiger charge is 2.40. The van der Waals surface area contributed by atoms with E-state index < -0.39 is 22.5 Å². The van der Waals surface area contributed by atoms with E-state index in [4.69, 9.17) is 16.3 Å². The minimum absolute atomic E-state index is 0.0855. The van der Waals surface area contributed by atoms with Crippen molar-refractivity contribution in [2.75, 3.05) is 25.0 Å². The first-order chi connectivity index (χ1) is 14.8. The summed E-state index contributed by atoms with van der Waals surface area (Å²) < 4.78 is 32.4. The summed E-state index contributed by atoms with van der Waals surface area (Å²) in [6.45, 7) is 0.565. The van der Waals surface area contributed by atoms with Crippen LogP contribution in [0.1, 0.15) is 51.4 Å². The molecular weight excluding hydrogens is 440 g/mol. The molecule has 3 aliphatic rings. The van der Waals surface area contributed by atoms with Crippen LogP contribution in [0.3, 0.4) is 0 Å². The summed E-state index contributed by atoms with van der Waals surface area (Å²) >= 11 is 6.16. The van der Waals surface area contributed by atoms with Gasteiger partial charge in [0.25, 0.3) is 5.91 Å². The van der Waals surface area contributed by atoms with E-state index in [0.29, 0.717) is 31.3 Å². The summed E-state index contributed by atoms with van der Waals surface area (Å²) in [7, 11) is -3.64. The molecule has 1 amide bonds. The summed E-state index contributed by atoms with van der Waals surface area (Å²) in [5, 5.41) is 2.79. The monoisotopic (exact) mass is 468 g/mol. The van der Waals surface area contributed by atoms with E-state index in [1.165, 1.54) is 41.8 Å². The van der Waals surface area contributed by atoms with Gasteiger partial charge in [-0.25, -0.2) is 8.42 Å². The third-order valence-corrected chi connectivity index (χ3v) is 9.07. The predicted octanol–water partition coefficient (Wildman–Crippen LogP) is 3.82. The van der Waals surface area contributed by atoms with Crippen molar-refractivity contribution in [3.63, 3.8) is 0 Å². The topological polar surface area (TPSA) is 92.8 Å². The predicted molar refractivity (Wildman–Crippen MR) is 117 cm³/mol. The minimum atomic E-state index is -3.64. The zero-order chi connectivity index (χ0) is 22.0. The number of sulfonamides is 1. The van der Waals surface area contributed by atoms with Crippen LogP contribution >= 0.6 is 11.6 Å². The van der Waals surface area contributed by atoms with Gasteiger partial charge in [0, 0.05) is 19.5 Å². The number of esters is 1. The summed E-state index contributed by atoms with van der Waals surface area (Å²) in [6.07, 6.45) is 7.82. The quantitative estimate of drug-likeness (QED) is 0.614. The Labute approximate surface area is 188 Å². The van der Waals surface area contributed by atoms with Gasteiger partial charge in [0.1, 0.15) is 0 Å². The van der Waals surface area contributed by atoms with E-state index in [0.717, 1.165) is 31.6 Å². The molecule has 0 spiro atoms. The third-order valence-electron chi connectivity index (χ3n) is 6.84. The van der Waals surface area contributed by atoms with Crippen LogP contribution in [0.15, 0.2) is 23.1 Å². The van der Waals surface area contributed by atoms with Crippen molar-refractivity contribution in [2.24, 2.45) is 17.8 Å². The maximum absolute atomic E-state index is 12.9. The lowest BCUT2D eigenvalue weighted by atomic mass is 9.86. The van der Waals surface area contributed by atoms with Crippen molar-refractivity contribution in [3.05, 3.63) is 23.2 Å². The Morgan fingerprint density at radius 1 is 1.13 bits per heavy atom. The molecule has 0 unspecified atom stereocenters. The molecular formula is C22H29ClN2O5S. The molecule has 1 aromatic rings. The molecule has 0 aromatic heterocycles. The highest BCUT2D eigenvalue weighted by Crippen LogP contribution is 2.49. The molecule has 0 radical (unpaired) electrons. The van der Waals surface area contributed by atoms with Crippen molar-refractivity contribution in [2.45, 2.75) is 56.3 Å². The Morgan fingerprint density at radius 2 is 1.90 bits per heavy atom. The molecule has 2 saturated carbocycles. The SMILES string of the molecule is O=C(COC(=O)C[C@@H]1C[C@H]2CC[C@@H]1C2)Nc1cc(S(=O)(=O)N2CCCCC2)ccc1Cl. The third kappa shape index (κ3) is 5.23. The van der Waals surface area contributed by atoms with Gasteiger partial charge in [-0.2, -0.15) is 4.31 Å². The molecule has 7 nitrogen and oxygen atoms in total. The van der Waals surface area contributed by atoms with E-state index in [1.54, 1.807) is 0 Å². The van der Waals surface area contributed by atoms with Crippen LogP contribution in [0.2, 0.25) is 5.02 Å². The molecule has 2 aliphatic carbocycles. The number of piperidine rings is 1. The van der Waals surface area contributed by atoms with Crippen LogP contribution in [0.5, 0.6) is 0 Å². The number of carbonyl (C=O) groups is 2. The first-order valence-electron chi connectivity index (χ1n) is 11.1. The minimum Gasteiger partial charge on any atom is -0.456 e. The fourth-order valence-corrected chi connectivity index (χ4v) is 6.96. The Hall–Kier alpha value is -1.64. The van der Waals surface area contributed by atoms with Gasteiger partial charge in [-0.1, -0.05) is 24.4 Å². The Bertz CT molecular complexity index is 945. The van der Waals surface area contributed by atoms with E-state index >= 15 is 0 Å².